The summed E-state index contributed by atoms with van der Waals surface area (Å²) in [5.41, 5.74) is 1.99. The van der Waals surface area contributed by atoms with Gasteiger partial charge in [-0.3, -0.25) is 4.79 Å². The van der Waals surface area contributed by atoms with E-state index in [0.717, 1.165) is 33.6 Å². The molecule has 0 bridgehead atoms. The Hall–Kier alpha value is -2.27. The lowest BCUT2D eigenvalue weighted by Crippen LogP contribution is -2.32. The quantitative estimate of drug-likeness (QED) is 0.619. The summed E-state index contributed by atoms with van der Waals surface area (Å²) < 4.78 is 14.4. The largest absolute Gasteiger partial charge is 0.349 e. The number of thiazole rings is 1. The molecule has 1 aromatic heterocycles. The fourth-order valence-electron chi connectivity index (χ4n) is 3.93. The van der Waals surface area contributed by atoms with Crippen LogP contribution < -0.4 is 5.32 Å². The first kappa shape index (κ1) is 18.1. The predicted octanol–water partition coefficient (Wildman–Crippen LogP) is 5.42. The van der Waals surface area contributed by atoms with Crippen LogP contribution in [0.5, 0.6) is 0 Å². The topological polar surface area (TPSA) is 42.0 Å². The van der Waals surface area contributed by atoms with E-state index < -0.39 is 0 Å². The van der Waals surface area contributed by atoms with Crippen LogP contribution in [-0.4, -0.2) is 10.9 Å². The van der Waals surface area contributed by atoms with Crippen molar-refractivity contribution in [2.75, 3.05) is 0 Å². The zero-order valence-electron chi connectivity index (χ0n) is 15.2. The van der Waals surface area contributed by atoms with Crippen LogP contribution in [-0.2, 0) is 11.2 Å². The Bertz CT molecular complexity index is 882. The lowest BCUT2D eigenvalue weighted by atomic mass is 9.91. The summed E-state index contributed by atoms with van der Waals surface area (Å²) >= 11 is 1.65. The van der Waals surface area contributed by atoms with Crippen molar-refractivity contribution in [1.29, 1.82) is 0 Å². The van der Waals surface area contributed by atoms with Crippen molar-refractivity contribution < 1.29 is 9.18 Å². The van der Waals surface area contributed by atoms with Crippen molar-refractivity contribution in [2.45, 2.75) is 44.6 Å². The Labute approximate surface area is 162 Å². The minimum atomic E-state index is -0.244. The first-order chi connectivity index (χ1) is 13.2. The Morgan fingerprint density at radius 1 is 1.15 bits per heavy atom. The van der Waals surface area contributed by atoms with Crippen LogP contribution in [0.15, 0.2) is 48.5 Å². The molecule has 27 heavy (non-hydrogen) atoms. The van der Waals surface area contributed by atoms with Gasteiger partial charge in [0.25, 0.3) is 0 Å². The number of aryl methyl sites for hydroxylation is 1. The third kappa shape index (κ3) is 4.35. The minimum absolute atomic E-state index is 0.0315. The van der Waals surface area contributed by atoms with E-state index in [2.05, 4.69) is 16.4 Å². The van der Waals surface area contributed by atoms with Gasteiger partial charge in [0.2, 0.25) is 5.91 Å². The zero-order valence-corrected chi connectivity index (χ0v) is 16.0. The van der Waals surface area contributed by atoms with Crippen molar-refractivity contribution >= 4 is 27.5 Å². The first-order valence-electron chi connectivity index (χ1n) is 9.58. The number of carbonyl (C=O) groups is 1. The van der Waals surface area contributed by atoms with Gasteiger partial charge < -0.3 is 5.32 Å². The summed E-state index contributed by atoms with van der Waals surface area (Å²) in [6, 6.07) is 14.6. The van der Waals surface area contributed by atoms with Gasteiger partial charge in [0.15, 0.2) is 0 Å². The van der Waals surface area contributed by atoms with E-state index in [-0.39, 0.29) is 17.8 Å². The molecule has 140 valence electrons. The number of hydrogen-bond acceptors (Lipinski definition) is 3. The summed E-state index contributed by atoms with van der Waals surface area (Å²) in [6.45, 7) is 0. The van der Waals surface area contributed by atoms with Gasteiger partial charge >= 0.3 is 0 Å². The number of amides is 1. The first-order valence-corrected chi connectivity index (χ1v) is 10.4. The second-order valence-electron chi connectivity index (χ2n) is 7.22. The third-order valence-electron chi connectivity index (χ3n) is 5.32. The van der Waals surface area contributed by atoms with Gasteiger partial charge in [-0.05, 0) is 48.6 Å². The Morgan fingerprint density at radius 3 is 2.63 bits per heavy atom. The number of rotatable bonds is 6. The summed E-state index contributed by atoms with van der Waals surface area (Å²) in [4.78, 5) is 17.2. The molecule has 4 rings (SSSR count). The van der Waals surface area contributed by atoms with Crippen LogP contribution >= 0.6 is 11.3 Å². The molecule has 3 nitrogen and oxygen atoms in total. The minimum Gasteiger partial charge on any atom is -0.349 e. The second-order valence-corrected chi connectivity index (χ2v) is 8.33. The molecule has 1 aliphatic rings. The molecular formula is C22H23FN2OS. The maximum Gasteiger partial charge on any atom is 0.220 e. The molecule has 1 atom stereocenters. The summed E-state index contributed by atoms with van der Waals surface area (Å²) in [6.07, 6.45) is 5.68. The van der Waals surface area contributed by atoms with Crippen LogP contribution in [0.2, 0.25) is 0 Å². The number of para-hydroxylation sites is 1. The Balaban J connectivity index is 1.42. The summed E-state index contributed by atoms with van der Waals surface area (Å²) in [5, 5.41) is 4.21. The van der Waals surface area contributed by atoms with Crippen LogP contribution in [0.25, 0.3) is 10.2 Å². The van der Waals surface area contributed by atoms with Gasteiger partial charge in [-0.2, -0.15) is 0 Å². The van der Waals surface area contributed by atoms with E-state index in [4.69, 9.17) is 0 Å². The molecule has 1 saturated carbocycles. The number of fused-ring (bicyclic) bond motifs is 1. The van der Waals surface area contributed by atoms with Crippen molar-refractivity contribution in [2.24, 2.45) is 5.92 Å². The number of carbonyl (C=O) groups excluding carboxylic acids is 1. The molecule has 2 aromatic carbocycles. The Morgan fingerprint density at radius 2 is 1.89 bits per heavy atom. The highest BCUT2D eigenvalue weighted by Gasteiger charge is 2.27. The van der Waals surface area contributed by atoms with Crippen LogP contribution in [0.1, 0.15) is 48.7 Å². The van der Waals surface area contributed by atoms with E-state index >= 15 is 0 Å². The van der Waals surface area contributed by atoms with E-state index in [1.165, 1.54) is 25.0 Å². The molecule has 1 unspecified atom stereocenters. The summed E-state index contributed by atoms with van der Waals surface area (Å²) in [5.74, 6) is 0.225. The molecule has 5 heteroatoms. The van der Waals surface area contributed by atoms with Crippen molar-refractivity contribution in [3.8, 4) is 0 Å². The molecule has 1 N–H and O–H groups in total. The molecule has 0 spiro atoms. The molecule has 1 aliphatic carbocycles. The number of nitrogens with one attached hydrogen (secondary N) is 1. The maximum absolute atomic E-state index is 13.3. The third-order valence-corrected chi connectivity index (χ3v) is 6.42. The summed E-state index contributed by atoms with van der Waals surface area (Å²) in [7, 11) is 0. The van der Waals surface area contributed by atoms with Gasteiger partial charge in [-0.1, -0.05) is 37.1 Å². The van der Waals surface area contributed by atoms with Gasteiger partial charge in [0.05, 0.1) is 21.3 Å². The number of nitrogens with zero attached hydrogens (tertiary/aromatic N) is 1. The standard InChI is InChI=1S/C22H23FN2OS/c23-17-11-9-16(10-12-17)22(15-5-1-2-6-15)25-20(26)13-14-21-24-18-7-3-4-8-19(18)27-21/h3-4,7-12,15,22H,1-2,5-6,13-14H2,(H,25,26). The molecular weight excluding hydrogens is 359 g/mol. The van der Waals surface area contributed by atoms with E-state index in [0.29, 0.717) is 18.8 Å². The molecule has 0 radical (unpaired) electrons. The fraction of sp³-hybridized carbons (Fsp3) is 0.364. The lowest BCUT2D eigenvalue weighted by molar-refractivity contribution is -0.122. The lowest BCUT2D eigenvalue weighted by Gasteiger charge is -2.25. The average molecular weight is 383 g/mol. The van der Waals surface area contributed by atoms with Gasteiger partial charge in [-0.25, -0.2) is 9.37 Å². The van der Waals surface area contributed by atoms with Crippen LogP contribution in [0.4, 0.5) is 4.39 Å². The number of hydrogen-bond donors (Lipinski definition) is 1. The fourth-order valence-corrected chi connectivity index (χ4v) is 4.89. The average Bonchev–Trinajstić information content (AvgIpc) is 3.34. The molecule has 1 heterocycles. The van der Waals surface area contributed by atoms with Crippen LogP contribution in [0.3, 0.4) is 0 Å². The molecule has 0 aliphatic heterocycles. The van der Waals surface area contributed by atoms with Gasteiger partial charge in [0, 0.05) is 12.8 Å². The molecule has 1 fully saturated rings. The monoisotopic (exact) mass is 382 g/mol. The highest BCUT2D eigenvalue weighted by Crippen LogP contribution is 2.36. The smallest absolute Gasteiger partial charge is 0.220 e. The second kappa shape index (κ2) is 8.17. The van der Waals surface area contributed by atoms with Crippen molar-refractivity contribution in [3.63, 3.8) is 0 Å². The van der Waals surface area contributed by atoms with Gasteiger partial charge in [-0.15, -0.1) is 11.3 Å². The van der Waals surface area contributed by atoms with E-state index in [9.17, 15) is 9.18 Å². The molecule has 0 saturated heterocycles. The highest BCUT2D eigenvalue weighted by molar-refractivity contribution is 7.18. The zero-order chi connectivity index (χ0) is 18.6. The molecule has 3 aromatic rings. The predicted molar refractivity (Wildman–Crippen MR) is 107 cm³/mol. The Kier molecular flexibility index (Phi) is 5.48. The normalized spacial score (nSPS) is 15.9. The molecule has 1 amide bonds. The maximum atomic E-state index is 13.3. The highest BCUT2D eigenvalue weighted by atomic mass is 32.1. The number of halogens is 1. The SMILES string of the molecule is O=C(CCc1nc2ccccc2s1)NC(c1ccc(F)cc1)C1CCCC1. The van der Waals surface area contributed by atoms with Crippen molar-refractivity contribution in [3.05, 3.63) is 64.9 Å². The number of aromatic nitrogens is 1. The van der Waals surface area contributed by atoms with Crippen LogP contribution in [0, 0.1) is 11.7 Å². The van der Waals surface area contributed by atoms with E-state index in [1.807, 2.05) is 18.2 Å². The van der Waals surface area contributed by atoms with Crippen molar-refractivity contribution in [1.82, 2.24) is 10.3 Å². The van der Waals surface area contributed by atoms with Gasteiger partial charge in [0.1, 0.15) is 5.82 Å². The number of benzene rings is 2. The van der Waals surface area contributed by atoms with E-state index in [1.54, 1.807) is 23.5 Å².